The van der Waals surface area contributed by atoms with Gasteiger partial charge in [-0.3, -0.25) is 0 Å². The van der Waals surface area contributed by atoms with Gasteiger partial charge in [0.2, 0.25) is 0 Å². The summed E-state index contributed by atoms with van der Waals surface area (Å²) in [5.74, 6) is 1.71. The number of imidazole rings is 1. The van der Waals surface area contributed by atoms with Crippen LogP contribution in [0.5, 0.6) is 0 Å². The van der Waals surface area contributed by atoms with E-state index in [2.05, 4.69) is 36.3 Å². The molecule has 2 aromatic rings. The van der Waals surface area contributed by atoms with Gasteiger partial charge in [0.1, 0.15) is 5.82 Å². The second-order valence-corrected chi connectivity index (χ2v) is 5.07. The van der Waals surface area contributed by atoms with Crippen LogP contribution >= 0.6 is 0 Å². The fourth-order valence-corrected chi connectivity index (χ4v) is 2.61. The zero-order chi connectivity index (χ0) is 11.8. The summed E-state index contributed by atoms with van der Waals surface area (Å²) < 4.78 is 0. The van der Waals surface area contributed by atoms with Gasteiger partial charge in [0.05, 0.1) is 11.0 Å². The van der Waals surface area contributed by atoms with Crippen molar-refractivity contribution >= 4 is 11.0 Å². The molecule has 1 aromatic carbocycles. The van der Waals surface area contributed by atoms with Crippen LogP contribution in [0.15, 0.2) is 12.1 Å². The first-order valence-electron chi connectivity index (χ1n) is 6.42. The van der Waals surface area contributed by atoms with E-state index in [1.165, 1.54) is 29.5 Å². The van der Waals surface area contributed by atoms with Crippen molar-refractivity contribution in [3.05, 3.63) is 29.1 Å². The van der Waals surface area contributed by atoms with E-state index in [-0.39, 0.29) is 0 Å². The fraction of sp³-hybridized carbons (Fsp3) is 0.500. The maximum Gasteiger partial charge on any atom is 0.111 e. The van der Waals surface area contributed by atoms with Crippen LogP contribution < -0.4 is 5.32 Å². The number of nitrogens with zero attached hydrogens (tertiary/aromatic N) is 1. The summed E-state index contributed by atoms with van der Waals surface area (Å²) in [5.41, 5.74) is 4.94. The summed E-state index contributed by atoms with van der Waals surface area (Å²) in [6.07, 6.45) is 2.49. The van der Waals surface area contributed by atoms with Crippen LogP contribution in [0.3, 0.4) is 0 Å². The number of aromatic amines is 1. The van der Waals surface area contributed by atoms with E-state index in [0.29, 0.717) is 5.92 Å². The Balaban J connectivity index is 2.04. The molecular weight excluding hydrogens is 210 g/mol. The molecule has 90 valence electrons. The van der Waals surface area contributed by atoms with Gasteiger partial charge in [0, 0.05) is 12.5 Å². The average molecular weight is 229 g/mol. The predicted octanol–water partition coefficient (Wildman–Crippen LogP) is 2.65. The van der Waals surface area contributed by atoms with Gasteiger partial charge in [-0.1, -0.05) is 6.07 Å². The standard InChI is InChI=1S/C14H19N3/c1-9-5-6-12-13(10(9)2)17-14(16-12)11-4-3-7-15-8-11/h5-6,11,15H,3-4,7-8H2,1-2H3,(H,16,17)/t11-/m1/s1. The number of aryl methyl sites for hydroxylation is 2. The summed E-state index contributed by atoms with van der Waals surface area (Å²) in [7, 11) is 0. The number of nitrogens with one attached hydrogen (secondary N) is 2. The number of hydrogen-bond acceptors (Lipinski definition) is 2. The third-order valence-electron chi connectivity index (χ3n) is 3.88. The lowest BCUT2D eigenvalue weighted by Crippen LogP contribution is -2.28. The van der Waals surface area contributed by atoms with Crippen molar-refractivity contribution < 1.29 is 0 Å². The lowest BCUT2D eigenvalue weighted by molar-refractivity contribution is 0.449. The van der Waals surface area contributed by atoms with Crippen molar-refractivity contribution in [3.63, 3.8) is 0 Å². The normalized spacial score (nSPS) is 20.9. The Kier molecular flexibility index (Phi) is 2.63. The molecule has 1 aliphatic rings. The molecule has 1 fully saturated rings. The van der Waals surface area contributed by atoms with Crippen LogP contribution in [0.4, 0.5) is 0 Å². The molecule has 1 aromatic heterocycles. The van der Waals surface area contributed by atoms with Gasteiger partial charge in [-0.2, -0.15) is 0 Å². The molecule has 3 heteroatoms. The first-order chi connectivity index (χ1) is 8.25. The highest BCUT2D eigenvalue weighted by Gasteiger charge is 2.19. The van der Waals surface area contributed by atoms with Crippen LogP contribution in [0.25, 0.3) is 11.0 Å². The van der Waals surface area contributed by atoms with E-state index in [9.17, 15) is 0 Å². The quantitative estimate of drug-likeness (QED) is 0.789. The first kappa shape index (κ1) is 10.8. The van der Waals surface area contributed by atoms with Gasteiger partial charge in [-0.05, 0) is 50.4 Å². The Morgan fingerprint density at radius 2 is 2.18 bits per heavy atom. The number of fused-ring (bicyclic) bond motifs is 1. The highest BCUT2D eigenvalue weighted by molar-refractivity contribution is 5.79. The van der Waals surface area contributed by atoms with Gasteiger partial charge >= 0.3 is 0 Å². The molecule has 1 saturated heterocycles. The largest absolute Gasteiger partial charge is 0.342 e. The molecule has 0 saturated carbocycles. The molecule has 3 nitrogen and oxygen atoms in total. The maximum atomic E-state index is 4.80. The van der Waals surface area contributed by atoms with Crippen molar-refractivity contribution in [2.24, 2.45) is 0 Å². The number of hydrogen-bond donors (Lipinski definition) is 2. The second-order valence-electron chi connectivity index (χ2n) is 5.07. The predicted molar refractivity (Wildman–Crippen MR) is 70.4 cm³/mol. The molecule has 0 bridgehead atoms. The van der Waals surface area contributed by atoms with Crippen molar-refractivity contribution in [3.8, 4) is 0 Å². The van der Waals surface area contributed by atoms with E-state index in [0.717, 1.165) is 24.4 Å². The number of H-pyrrole nitrogens is 1. The SMILES string of the molecule is Cc1ccc2[nH]c([C@@H]3CCCNC3)nc2c1C. The Morgan fingerprint density at radius 1 is 1.29 bits per heavy atom. The molecule has 3 rings (SSSR count). The second kappa shape index (κ2) is 4.15. The number of piperidine rings is 1. The Hall–Kier alpha value is -1.35. The maximum absolute atomic E-state index is 4.80. The molecule has 1 atom stereocenters. The third kappa shape index (κ3) is 1.84. The van der Waals surface area contributed by atoms with Gasteiger partial charge in [0.25, 0.3) is 0 Å². The minimum absolute atomic E-state index is 0.552. The van der Waals surface area contributed by atoms with Crippen LogP contribution in [0.1, 0.15) is 35.7 Å². The molecule has 0 spiro atoms. The van der Waals surface area contributed by atoms with E-state index in [4.69, 9.17) is 4.98 Å². The van der Waals surface area contributed by atoms with Gasteiger partial charge in [0.15, 0.2) is 0 Å². The zero-order valence-corrected chi connectivity index (χ0v) is 10.5. The Labute approximate surface area is 102 Å². The van der Waals surface area contributed by atoms with Gasteiger partial charge in [-0.15, -0.1) is 0 Å². The van der Waals surface area contributed by atoms with Crippen LogP contribution in [0.2, 0.25) is 0 Å². The first-order valence-corrected chi connectivity index (χ1v) is 6.42. The number of rotatable bonds is 1. The van der Waals surface area contributed by atoms with E-state index in [1.807, 2.05) is 0 Å². The van der Waals surface area contributed by atoms with E-state index < -0.39 is 0 Å². The summed E-state index contributed by atoms with van der Waals surface area (Å²) in [4.78, 5) is 8.28. The van der Waals surface area contributed by atoms with Crippen LogP contribution in [-0.2, 0) is 0 Å². The van der Waals surface area contributed by atoms with Crippen molar-refractivity contribution in [2.45, 2.75) is 32.6 Å². The summed E-state index contributed by atoms with van der Waals surface area (Å²) in [6.45, 7) is 6.50. The van der Waals surface area contributed by atoms with Crippen molar-refractivity contribution in [2.75, 3.05) is 13.1 Å². The molecule has 0 radical (unpaired) electrons. The zero-order valence-electron chi connectivity index (χ0n) is 10.5. The van der Waals surface area contributed by atoms with Crippen LogP contribution in [-0.4, -0.2) is 23.1 Å². The molecule has 2 N–H and O–H groups in total. The van der Waals surface area contributed by atoms with E-state index in [1.54, 1.807) is 0 Å². The smallest absolute Gasteiger partial charge is 0.111 e. The summed E-state index contributed by atoms with van der Waals surface area (Å²) >= 11 is 0. The Bertz CT molecular complexity index is 536. The molecule has 0 unspecified atom stereocenters. The minimum Gasteiger partial charge on any atom is -0.342 e. The molecule has 0 aliphatic carbocycles. The highest BCUT2D eigenvalue weighted by Crippen LogP contribution is 2.25. The number of benzene rings is 1. The van der Waals surface area contributed by atoms with Gasteiger partial charge in [-0.25, -0.2) is 4.98 Å². The third-order valence-corrected chi connectivity index (χ3v) is 3.88. The monoisotopic (exact) mass is 229 g/mol. The van der Waals surface area contributed by atoms with E-state index >= 15 is 0 Å². The van der Waals surface area contributed by atoms with Crippen molar-refractivity contribution in [1.82, 2.24) is 15.3 Å². The molecule has 1 aliphatic heterocycles. The average Bonchev–Trinajstić information content (AvgIpc) is 2.80. The summed E-state index contributed by atoms with van der Waals surface area (Å²) in [5, 5.41) is 3.44. The lowest BCUT2D eigenvalue weighted by Gasteiger charge is -2.20. The molecule has 17 heavy (non-hydrogen) atoms. The highest BCUT2D eigenvalue weighted by atomic mass is 15.0. The van der Waals surface area contributed by atoms with Crippen molar-refractivity contribution in [1.29, 1.82) is 0 Å². The molecular formula is C14H19N3. The molecule has 0 amide bonds. The fourth-order valence-electron chi connectivity index (χ4n) is 2.61. The minimum atomic E-state index is 0.552. The summed E-state index contributed by atoms with van der Waals surface area (Å²) in [6, 6.07) is 4.31. The molecule has 2 heterocycles. The number of aromatic nitrogens is 2. The Morgan fingerprint density at radius 3 is 2.94 bits per heavy atom. The topological polar surface area (TPSA) is 40.7 Å². The lowest BCUT2D eigenvalue weighted by atomic mass is 9.99. The van der Waals surface area contributed by atoms with Gasteiger partial charge < -0.3 is 10.3 Å². The van der Waals surface area contributed by atoms with Crippen LogP contribution in [0, 0.1) is 13.8 Å².